The Hall–Kier alpha value is -3.12. The van der Waals surface area contributed by atoms with Crippen molar-refractivity contribution in [2.24, 2.45) is 11.7 Å². The maximum atomic E-state index is 13.8. The quantitative estimate of drug-likeness (QED) is 0.122. The second kappa shape index (κ2) is 20.2. The predicted octanol–water partition coefficient (Wildman–Crippen LogP) is 1.21. The van der Waals surface area contributed by atoms with E-state index < -0.39 is 23.5 Å². The van der Waals surface area contributed by atoms with E-state index in [1.807, 2.05) is 20.9 Å². The first kappa shape index (κ1) is 39.1. The highest BCUT2D eigenvalue weighted by atomic mass is 32.1. The smallest absolute Gasteiger partial charge is 0.243 e. The third-order valence-electron chi connectivity index (χ3n) is 8.07. The molecule has 0 saturated heterocycles. The standard InChI is InChI=1S/C33H59N9O3S/c1-8-11-24-21(5)37-23(9-2)31(44)36-16-10-12-30(43)41-25(13-15-34)22(6)38-33(46)29-19-28(27(40-29)18-20(3)4)39-26(14-17-35-7)32(45)42-24/h20,23-27,33,35,37-40,46H,5-6,8-18,34H2,1-4,7H3,(H,36,44)(H,41,43)(H,42,45)/t23?,24?,25?,26?,27?,33-/m1/s1. The van der Waals surface area contributed by atoms with Crippen molar-refractivity contribution in [2.45, 2.75) is 115 Å². The Morgan fingerprint density at radius 1 is 0.870 bits per heavy atom. The third-order valence-corrected chi connectivity index (χ3v) is 8.46. The van der Waals surface area contributed by atoms with E-state index in [0.29, 0.717) is 74.7 Å². The second-order valence-corrected chi connectivity index (χ2v) is 13.0. The number of rotatable bonds is 10. The lowest BCUT2D eigenvalue weighted by Gasteiger charge is -2.29. The minimum atomic E-state index is -0.550. The maximum Gasteiger partial charge on any atom is 0.243 e. The van der Waals surface area contributed by atoms with E-state index in [4.69, 9.17) is 18.4 Å². The molecule has 46 heavy (non-hydrogen) atoms. The summed E-state index contributed by atoms with van der Waals surface area (Å²) in [6, 6.07) is -1.95. The van der Waals surface area contributed by atoms with E-state index in [-0.39, 0.29) is 36.2 Å². The molecule has 2 aliphatic heterocycles. The van der Waals surface area contributed by atoms with Gasteiger partial charge in [0.25, 0.3) is 0 Å². The number of nitrogens with two attached hydrogens (primary N) is 1. The zero-order valence-electron chi connectivity index (χ0n) is 28.5. The Bertz CT molecular complexity index is 1120. The van der Waals surface area contributed by atoms with Crippen molar-refractivity contribution in [3.63, 3.8) is 0 Å². The van der Waals surface area contributed by atoms with Crippen LogP contribution in [0.2, 0.25) is 0 Å². The summed E-state index contributed by atoms with van der Waals surface area (Å²) < 4.78 is 0. The molecule has 10 N–H and O–H groups in total. The van der Waals surface area contributed by atoms with Gasteiger partial charge < -0.3 is 48.3 Å². The Morgan fingerprint density at radius 2 is 1.54 bits per heavy atom. The van der Waals surface area contributed by atoms with Crippen molar-refractivity contribution in [3.8, 4) is 0 Å². The molecule has 260 valence electrons. The largest absolute Gasteiger partial charge is 0.376 e. The van der Waals surface area contributed by atoms with Gasteiger partial charge in [0.05, 0.1) is 29.5 Å². The van der Waals surface area contributed by atoms with Crippen LogP contribution < -0.4 is 48.3 Å². The SMILES string of the molecule is C=C1N[C@H](S)C2=C=C(NC(CCNC)C(=O)NC(CCC)C(=C)NC(CC)C(=O)NCCCC(=O)NC1CCN)C(CC(C)C)N2. The summed E-state index contributed by atoms with van der Waals surface area (Å²) in [6.07, 6.45) is 4.55. The van der Waals surface area contributed by atoms with E-state index in [1.54, 1.807) is 0 Å². The molecule has 12 nitrogen and oxygen atoms in total. The minimum Gasteiger partial charge on any atom is -0.376 e. The van der Waals surface area contributed by atoms with Crippen LogP contribution in [-0.2, 0) is 14.4 Å². The molecule has 6 atom stereocenters. The zero-order chi connectivity index (χ0) is 34.2. The van der Waals surface area contributed by atoms with Gasteiger partial charge in [0.1, 0.15) is 17.5 Å². The summed E-state index contributed by atoms with van der Waals surface area (Å²) in [5, 5.41) is 25.4. The van der Waals surface area contributed by atoms with Crippen LogP contribution in [0, 0.1) is 5.92 Å². The summed E-state index contributed by atoms with van der Waals surface area (Å²) in [5.74, 6) is -0.115. The van der Waals surface area contributed by atoms with Crippen molar-refractivity contribution < 1.29 is 14.4 Å². The predicted molar refractivity (Wildman–Crippen MR) is 188 cm³/mol. The molecule has 0 radical (unpaired) electrons. The lowest BCUT2D eigenvalue weighted by atomic mass is 10.0. The molecule has 2 bridgehead atoms. The molecule has 0 aromatic rings. The molecule has 2 heterocycles. The van der Waals surface area contributed by atoms with E-state index in [9.17, 15) is 14.4 Å². The molecular formula is C33H59N9O3S. The maximum absolute atomic E-state index is 13.8. The summed E-state index contributed by atoms with van der Waals surface area (Å²) in [6.45, 7) is 18.0. The molecular weight excluding hydrogens is 602 g/mol. The molecule has 0 spiro atoms. The molecule has 0 aliphatic carbocycles. The fourth-order valence-electron chi connectivity index (χ4n) is 5.48. The average molecular weight is 662 g/mol. The van der Waals surface area contributed by atoms with E-state index >= 15 is 0 Å². The summed E-state index contributed by atoms with van der Waals surface area (Å²) >= 11 is 4.81. The van der Waals surface area contributed by atoms with Crippen LogP contribution in [-0.4, -0.2) is 80.0 Å². The van der Waals surface area contributed by atoms with Gasteiger partial charge in [-0.2, -0.15) is 0 Å². The highest BCUT2D eigenvalue weighted by Crippen LogP contribution is 2.21. The number of carbonyl (C=O) groups excluding carboxylic acids is 3. The Balaban J connectivity index is 2.48. The normalized spacial score (nSPS) is 27.3. The summed E-state index contributed by atoms with van der Waals surface area (Å²) in [5.41, 5.74) is 12.0. The topological polar surface area (TPSA) is 173 Å². The number of amides is 3. The molecule has 2 rings (SSSR count). The van der Waals surface area contributed by atoms with E-state index in [1.165, 1.54) is 0 Å². The number of carbonyl (C=O) groups is 3. The van der Waals surface area contributed by atoms with Gasteiger partial charge in [0.2, 0.25) is 17.7 Å². The van der Waals surface area contributed by atoms with Crippen molar-refractivity contribution in [3.05, 3.63) is 41.7 Å². The van der Waals surface area contributed by atoms with Crippen LogP contribution in [0.15, 0.2) is 41.7 Å². The van der Waals surface area contributed by atoms with E-state index in [0.717, 1.165) is 18.5 Å². The molecule has 5 unspecified atom stereocenters. The van der Waals surface area contributed by atoms with Crippen LogP contribution in [0.25, 0.3) is 0 Å². The molecule has 0 aromatic heterocycles. The molecule has 0 aromatic carbocycles. The lowest BCUT2D eigenvalue weighted by molar-refractivity contribution is -0.124. The molecule has 13 heteroatoms. The van der Waals surface area contributed by atoms with Crippen LogP contribution in [0.1, 0.15) is 79.1 Å². The van der Waals surface area contributed by atoms with Crippen LogP contribution in [0.3, 0.4) is 0 Å². The summed E-state index contributed by atoms with van der Waals surface area (Å²) in [4.78, 5) is 39.7. The van der Waals surface area contributed by atoms with Crippen molar-refractivity contribution >= 4 is 30.4 Å². The first-order chi connectivity index (χ1) is 21.9. The highest BCUT2D eigenvalue weighted by Gasteiger charge is 2.31. The molecule has 0 fully saturated rings. The Kier molecular flexibility index (Phi) is 17.1. The molecule has 3 amide bonds. The minimum absolute atomic E-state index is 0.0994. The van der Waals surface area contributed by atoms with Crippen LogP contribution in [0.5, 0.6) is 0 Å². The fourth-order valence-corrected chi connectivity index (χ4v) is 5.78. The van der Waals surface area contributed by atoms with Crippen molar-refractivity contribution in [1.82, 2.24) is 42.5 Å². The molecule has 2 aliphatic rings. The second-order valence-electron chi connectivity index (χ2n) is 12.5. The summed E-state index contributed by atoms with van der Waals surface area (Å²) in [7, 11) is 1.86. The first-order valence-electron chi connectivity index (χ1n) is 16.8. The van der Waals surface area contributed by atoms with E-state index in [2.05, 4.69) is 75.3 Å². The van der Waals surface area contributed by atoms with Gasteiger partial charge in [-0.25, -0.2) is 0 Å². The average Bonchev–Trinajstić information content (AvgIpc) is 3.40. The Labute approximate surface area is 281 Å². The van der Waals surface area contributed by atoms with Gasteiger partial charge in [0.15, 0.2) is 0 Å². The van der Waals surface area contributed by atoms with Gasteiger partial charge in [-0.3, -0.25) is 14.4 Å². The zero-order valence-corrected chi connectivity index (χ0v) is 29.4. The molecule has 0 saturated carbocycles. The highest BCUT2D eigenvalue weighted by molar-refractivity contribution is 7.81. The first-order valence-corrected chi connectivity index (χ1v) is 17.3. The number of hydrogen-bond donors (Lipinski definition) is 10. The number of thiol groups is 1. The monoisotopic (exact) mass is 661 g/mol. The number of hydrogen-bond acceptors (Lipinski definition) is 10. The van der Waals surface area contributed by atoms with Crippen molar-refractivity contribution in [2.75, 3.05) is 26.7 Å². The Morgan fingerprint density at radius 3 is 2.17 bits per heavy atom. The van der Waals surface area contributed by atoms with Gasteiger partial charge >= 0.3 is 0 Å². The van der Waals surface area contributed by atoms with Gasteiger partial charge in [0, 0.05) is 24.4 Å². The lowest BCUT2D eigenvalue weighted by Crippen LogP contribution is -2.53. The van der Waals surface area contributed by atoms with Gasteiger partial charge in [-0.1, -0.05) is 53.0 Å². The van der Waals surface area contributed by atoms with Gasteiger partial charge in [-0.05, 0) is 64.6 Å². The third kappa shape index (κ3) is 12.6. The van der Waals surface area contributed by atoms with Crippen molar-refractivity contribution in [1.29, 1.82) is 0 Å². The van der Waals surface area contributed by atoms with Crippen LogP contribution in [0.4, 0.5) is 0 Å². The van der Waals surface area contributed by atoms with Crippen LogP contribution >= 0.6 is 12.6 Å². The fraction of sp³-hybridized carbons (Fsp3) is 0.697. The van der Waals surface area contributed by atoms with Gasteiger partial charge in [-0.15, -0.1) is 12.6 Å². The number of nitrogens with one attached hydrogen (secondary N) is 8.